The highest BCUT2D eigenvalue weighted by molar-refractivity contribution is 7.89. The molecule has 0 bridgehead atoms. The minimum atomic E-state index is -3.82. The van der Waals surface area contributed by atoms with E-state index in [0.717, 1.165) is 0 Å². The molecule has 1 heterocycles. The lowest BCUT2D eigenvalue weighted by Gasteiger charge is -2.16. The summed E-state index contributed by atoms with van der Waals surface area (Å²) in [6.45, 7) is 1.69. The number of amides is 1. The van der Waals surface area contributed by atoms with E-state index in [0.29, 0.717) is 16.8 Å². The van der Waals surface area contributed by atoms with Crippen LogP contribution in [0.25, 0.3) is 11.1 Å². The summed E-state index contributed by atoms with van der Waals surface area (Å²) in [7, 11) is -3.82. The summed E-state index contributed by atoms with van der Waals surface area (Å²) in [6, 6.07) is 10.1. The molecule has 0 saturated carbocycles. The van der Waals surface area contributed by atoms with Crippen LogP contribution in [-0.2, 0) is 19.6 Å². The highest BCUT2D eigenvalue weighted by Gasteiger charge is 2.24. The largest absolute Gasteiger partial charge is 0.449 e. The Kier molecular flexibility index (Phi) is 5.43. The van der Waals surface area contributed by atoms with Crippen LogP contribution < -0.4 is 10.5 Å². The number of hydrogen-bond acceptors (Lipinski definition) is 7. The number of carbonyl (C=O) groups excluding carboxylic acids is 2. The normalized spacial score (nSPS) is 12.5. The van der Waals surface area contributed by atoms with Gasteiger partial charge in [-0.25, -0.2) is 23.3 Å². The number of oxazole rings is 1. The molecule has 0 aliphatic carbocycles. The molecule has 1 aromatic heterocycles. The number of esters is 1. The summed E-state index contributed by atoms with van der Waals surface area (Å²) >= 11 is 0. The van der Waals surface area contributed by atoms with Gasteiger partial charge >= 0.3 is 5.97 Å². The molecule has 0 spiro atoms. The molecule has 28 heavy (non-hydrogen) atoms. The summed E-state index contributed by atoms with van der Waals surface area (Å²) < 4.78 is 33.0. The zero-order valence-electron chi connectivity index (χ0n) is 14.8. The van der Waals surface area contributed by atoms with Gasteiger partial charge in [0, 0.05) is 5.69 Å². The van der Waals surface area contributed by atoms with Crippen molar-refractivity contribution in [1.29, 1.82) is 0 Å². The predicted molar refractivity (Wildman–Crippen MR) is 99.9 cm³/mol. The Hall–Kier alpha value is -3.24. The number of rotatable bonds is 6. The molecule has 146 valence electrons. The maximum atomic E-state index is 12.5. The van der Waals surface area contributed by atoms with Gasteiger partial charge in [0.1, 0.15) is 5.52 Å². The van der Waals surface area contributed by atoms with Gasteiger partial charge in [-0.1, -0.05) is 13.0 Å². The van der Waals surface area contributed by atoms with Crippen LogP contribution in [0.15, 0.2) is 58.2 Å². The lowest BCUT2D eigenvalue weighted by Crippen LogP contribution is -2.32. The Balaban J connectivity index is 1.71. The van der Waals surface area contributed by atoms with Crippen LogP contribution in [0.2, 0.25) is 0 Å². The van der Waals surface area contributed by atoms with E-state index in [4.69, 9.17) is 14.3 Å². The van der Waals surface area contributed by atoms with Gasteiger partial charge in [0.05, 0.1) is 10.5 Å². The Bertz CT molecular complexity index is 1120. The van der Waals surface area contributed by atoms with Gasteiger partial charge in [-0.15, -0.1) is 0 Å². The topological polar surface area (TPSA) is 142 Å². The van der Waals surface area contributed by atoms with Crippen molar-refractivity contribution in [2.75, 3.05) is 5.32 Å². The molecule has 1 atom stereocenters. The number of sulfonamides is 1. The number of benzene rings is 2. The zero-order chi connectivity index (χ0) is 20.3. The molecule has 0 saturated heterocycles. The Morgan fingerprint density at radius 1 is 1.21 bits per heavy atom. The quantitative estimate of drug-likeness (QED) is 0.600. The second-order valence-corrected chi connectivity index (χ2v) is 7.43. The maximum Gasteiger partial charge on any atom is 0.341 e. The first-order valence-corrected chi connectivity index (χ1v) is 9.81. The summed E-state index contributed by atoms with van der Waals surface area (Å²) in [4.78, 5) is 28.8. The molecule has 0 aliphatic rings. The van der Waals surface area contributed by atoms with Crippen LogP contribution in [0.1, 0.15) is 23.7 Å². The van der Waals surface area contributed by atoms with Crippen LogP contribution in [0.5, 0.6) is 0 Å². The minimum absolute atomic E-state index is 0.0790. The average molecular weight is 403 g/mol. The molecule has 9 nitrogen and oxygen atoms in total. The van der Waals surface area contributed by atoms with Crippen LogP contribution in [-0.4, -0.2) is 31.4 Å². The van der Waals surface area contributed by atoms with E-state index in [1.165, 1.54) is 36.7 Å². The SMILES string of the molecule is CCC(OC(=O)c1cccc2ocnc12)C(=O)Nc1ccc(S(N)(=O)=O)cc1. The second kappa shape index (κ2) is 7.79. The monoisotopic (exact) mass is 403 g/mol. The van der Waals surface area contributed by atoms with Gasteiger partial charge in [-0.2, -0.15) is 0 Å². The van der Waals surface area contributed by atoms with Crippen molar-refractivity contribution in [2.24, 2.45) is 5.14 Å². The Labute approximate surface area is 160 Å². The van der Waals surface area contributed by atoms with E-state index in [1.807, 2.05) is 0 Å². The van der Waals surface area contributed by atoms with Crippen molar-refractivity contribution in [2.45, 2.75) is 24.3 Å². The first-order chi connectivity index (χ1) is 13.3. The minimum Gasteiger partial charge on any atom is -0.449 e. The third-order valence-electron chi connectivity index (χ3n) is 3.94. The number of nitrogens with one attached hydrogen (secondary N) is 1. The van der Waals surface area contributed by atoms with Crippen molar-refractivity contribution in [3.05, 3.63) is 54.4 Å². The average Bonchev–Trinajstić information content (AvgIpc) is 3.14. The summed E-state index contributed by atoms with van der Waals surface area (Å²) in [5, 5.41) is 7.61. The van der Waals surface area contributed by atoms with Crippen LogP contribution in [0, 0.1) is 0 Å². The van der Waals surface area contributed by atoms with Crippen molar-refractivity contribution in [3.63, 3.8) is 0 Å². The fraction of sp³-hybridized carbons (Fsp3) is 0.167. The molecular formula is C18H17N3O6S. The predicted octanol–water partition coefficient (Wildman–Crippen LogP) is 2.05. The standard InChI is InChI=1S/C18H17N3O6S/c1-2-14(17(22)21-11-6-8-12(9-7-11)28(19,24)25)27-18(23)13-4-3-5-15-16(13)20-10-26-15/h3-10,14H,2H2,1H3,(H,21,22)(H2,19,24,25). The molecule has 2 aromatic carbocycles. The third-order valence-corrected chi connectivity index (χ3v) is 4.87. The van der Waals surface area contributed by atoms with Crippen LogP contribution in [0.4, 0.5) is 5.69 Å². The molecule has 3 rings (SSSR count). The van der Waals surface area contributed by atoms with E-state index in [-0.39, 0.29) is 16.9 Å². The van der Waals surface area contributed by atoms with Crippen molar-refractivity contribution >= 4 is 38.7 Å². The highest BCUT2D eigenvalue weighted by Crippen LogP contribution is 2.19. The molecular weight excluding hydrogens is 386 g/mol. The number of carbonyl (C=O) groups is 2. The number of para-hydroxylation sites is 1. The van der Waals surface area contributed by atoms with Crippen LogP contribution in [0.3, 0.4) is 0 Å². The number of aromatic nitrogens is 1. The van der Waals surface area contributed by atoms with E-state index < -0.39 is 28.0 Å². The number of ether oxygens (including phenoxy) is 1. The van der Waals surface area contributed by atoms with E-state index in [1.54, 1.807) is 19.1 Å². The van der Waals surface area contributed by atoms with Crippen molar-refractivity contribution in [1.82, 2.24) is 4.98 Å². The fourth-order valence-corrected chi connectivity index (χ4v) is 3.03. The smallest absolute Gasteiger partial charge is 0.341 e. The number of nitrogens with two attached hydrogens (primary N) is 1. The maximum absolute atomic E-state index is 12.5. The highest BCUT2D eigenvalue weighted by atomic mass is 32.2. The lowest BCUT2D eigenvalue weighted by molar-refractivity contribution is -0.124. The van der Waals surface area contributed by atoms with E-state index in [2.05, 4.69) is 10.3 Å². The van der Waals surface area contributed by atoms with Gasteiger partial charge in [-0.05, 0) is 42.8 Å². The fourth-order valence-electron chi connectivity index (χ4n) is 2.52. The van der Waals surface area contributed by atoms with Crippen LogP contribution >= 0.6 is 0 Å². The lowest BCUT2D eigenvalue weighted by atomic mass is 10.2. The van der Waals surface area contributed by atoms with Gasteiger partial charge in [-0.3, -0.25) is 4.79 Å². The number of hydrogen-bond donors (Lipinski definition) is 2. The number of nitrogens with zero attached hydrogens (tertiary/aromatic N) is 1. The Morgan fingerprint density at radius 3 is 2.57 bits per heavy atom. The van der Waals surface area contributed by atoms with E-state index >= 15 is 0 Å². The number of primary sulfonamides is 1. The van der Waals surface area contributed by atoms with Gasteiger partial charge < -0.3 is 14.5 Å². The zero-order valence-corrected chi connectivity index (χ0v) is 15.6. The molecule has 10 heteroatoms. The second-order valence-electron chi connectivity index (χ2n) is 5.87. The first-order valence-electron chi connectivity index (χ1n) is 8.26. The van der Waals surface area contributed by atoms with Crippen molar-refractivity contribution in [3.8, 4) is 0 Å². The molecule has 1 unspecified atom stereocenters. The summed E-state index contributed by atoms with van der Waals surface area (Å²) in [5.41, 5.74) is 1.31. The molecule has 0 aliphatic heterocycles. The molecule has 3 N–H and O–H groups in total. The van der Waals surface area contributed by atoms with Crippen molar-refractivity contribution < 1.29 is 27.2 Å². The third kappa shape index (κ3) is 4.18. The summed E-state index contributed by atoms with van der Waals surface area (Å²) in [6.07, 6.45) is 0.408. The molecule has 1 amide bonds. The van der Waals surface area contributed by atoms with E-state index in [9.17, 15) is 18.0 Å². The Morgan fingerprint density at radius 2 is 1.93 bits per heavy atom. The molecule has 3 aromatic rings. The van der Waals surface area contributed by atoms with Gasteiger partial charge in [0.15, 0.2) is 18.1 Å². The first kappa shape index (κ1) is 19.5. The van der Waals surface area contributed by atoms with Gasteiger partial charge in [0.25, 0.3) is 5.91 Å². The summed E-state index contributed by atoms with van der Waals surface area (Å²) in [5.74, 6) is -1.25. The number of anilines is 1. The van der Waals surface area contributed by atoms with Gasteiger partial charge in [0.2, 0.25) is 10.0 Å². The number of fused-ring (bicyclic) bond motifs is 1. The molecule has 0 radical (unpaired) electrons. The molecule has 0 fully saturated rings.